The van der Waals surface area contributed by atoms with Crippen LogP contribution in [0.3, 0.4) is 0 Å². The minimum atomic E-state index is -0.764. The van der Waals surface area contributed by atoms with E-state index < -0.39 is 7.12 Å². The van der Waals surface area contributed by atoms with Gasteiger partial charge in [-0.15, -0.1) is 0 Å². The van der Waals surface area contributed by atoms with E-state index in [1.54, 1.807) is 6.21 Å². The van der Waals surface area contributed by atoms with Gasteiger partial charge in [-0.2, -0.15) is 5.10 Å². The number of hydrazone groups is 1. The SMILES string of the molecule is CCN/N=C/c1ccc2c(c1)COB2O. The molecule has 0 saturated heterocycles. The third kappa shape index (κ3) is 2.19. The van der Waals surface area contributed by atoms with Gasteiger partial charge in [0.15, 0.2) is 0 Å². The summed E-state index contributed by atoms with van der Waals surface area (Å²) in [6.45, 7) is 3.27. The summed E-state index contributed by atoms with van der Waals surface area (Å²) in [6.07, 6.45) is 1.76. The van der Waals surface area contributed by atoms with Crippen LogP contribution >= 0.6 is 0 Å². The van der Waals surface area contributed by atoms with Gasteiger partial charge in [0.05, 0.1) is 12.8 Å². The molecule has 0 bridgehead atoms. The molecule has 2 N–H and O–H groups in total. The van der Waals surface area contributed by atoms with Gasteiger partial charge in [-0.05, 0) is 29.6 Å². The Morgan fingerprint density at radius 3 is 3.33 bits per heavy atom. The lowest BCUT2D eigenvalue weighted by Gasteiger charge is -1.99. The van der Waals surface area contributed by atoms with Crippen LogP contribution in [0.4, 0.5) is 0 Å². The zero-order chi connectivity index (χ0) is 10.7. The number of nitrogens with zero attached hydrogens (tertiary/aromatic N) is 1. The van der Waals surface area contributed by atoms with Crippen molar-refractivity contribution >= 4 is 18.8 Å². The van der Waals surface area contributed by atoms with Gasteiger partial charge in [0.2, 0.25) is 0 Å². The smallest absolute Gasteiger partial charge is 0.423 e. The van der Waals surface area contributed by atoms with E-state index in [4.69, 9.17) is 4.65 Å². The third-order valence-electron chi connectivity index (χ3n) is 2.29. The molecule has 2 rings (SSSR count). The molecule has 1 aliphatic heterocycles. The number of nitrogens with one attached hydrogen (secondary N) is 1. The monoisotopic (exact) mass is 204 g/mol. The van der Waals surface area contributed by atoms with Crippen molar-refractivity contribution in [3.8, 4) is 0 Å². The molecule has 1 aromatic rings. The molecule has 1 aliphatic rings. The Morgan fingerprint density at radius 2 is 2.53 bits per heavy atom. The van der Waals surface area contributed by atoms with Gasteiger partial charge >= 0.3 is 7.12 Å². The number of hydrogen-bond acceptors (Lipinski definition) is 4. The van der Waals surface area contributed by atoms with Crippen molar-refractivity contribution in [2.75, 3.05) is 6.54 Å². The van der Waals surface area contributed by atoms with Gasteiger partial charge < -0.3 is 15.1 Å². The molecule has 0 fully saturated rings. The van der Waals surface area contributed by atoms with Crippen LogP contribution in [0.25, 0.3) is 0 Å². The van der Waals surface area contributed by atoms with Crippen LogP contribution in [0.5, 0.6) is 0 Å². The zero-order valence-electron chi connectivity index (χ0n) is 8.60. The fourth-order valence-corrected chi connectivity index (χ4v) is 1.54. The van der Waals surface area contributed by atoms with E-state index >= 15 is 0 Å². The summed E-state index contributed by atoms with van der Waals surface area (Å²) in [7, 11) is -0.764. The number of hydrogen-bond donors (Lipinski definition) is 2. The standard InChI is InChI=1S/C10H13BN2O2/c1-2-12-13-6-8-3-4-10-9(5-8)7-15-11(10)14/h3-6,12,14H,2,7H2,1H3/b13-6+. The first-order valence-corrected chi connectivity index (χ1v) is 4.99. The average Bonchev–Trinajstić information content (AvgIpc) is 2.61. The first kappa shape index (κ1) is 10.2. The maximum absolute atomic E-state index is 9.42. The van der Waals surface area contributed by atoms with Crippen molar-refractivity contribution in [2.45, 2.75) is 13.5 Å². The van der Waals surface area contributed by atoms with E-state index in [-0.39, 0.29) is 0 Å². The Labute approximate surface area is 89.1 Å². The minimum absolute atomic E-state index is 0.472. The highest BCUT2D eigenvalue weighted by Crippen LogP contribution is 2.10. The van der Waals surface area contributed by atoms with Gasteiger partial charge in [-0.25, -0.2) is 0 Å². The topological polar surface area (TPSA) is 53.9 Å². The number of benzene rings is 1. The van der Waals surface area contributed by atoms with Crippen molar-refractivity contribution in [1.29, 1.82) is 0 Å². The Bertz CT molecular complexity index is 382. The van der Waals surface area contributed by atoms with Crippen LogP contribution in [0.2, 0.25) is 0 Å². The fraction of sp³-hybridized carbons (Fsp3) is 0.300. The molecule has 0 spiro atoms. The summed E-state index contributed by atoms with van der Waals surface area (Å²) in [5.74, 6) is 0. The summed E-state index contributed by atoms with van der Waals surface area (Å²) in [5.41, 5.74) is 5.76. The van der Waals surface area contributed by atoms with Crippen molar-refractivity contribution < 1.29 is 9.68 Å². The molecule has 5 heteroatoms. The van der Waals surface area contributed by atoms with E-state index in [1.165, 1.54) is 0 Å². The second kappa shape index (κ2) is 4.46. The second-order valence-corrected chi connectivity index (χ2v) is 3.39. The summed E-state index contributed by atoms with van der Waals surface area (Å²) >= 11 is 0. The lowest BCUT2D eigenvalue weighted by molar-refractivity contribution is 0.275. The third-order valence-corrected chi connectivity index (χ3v) is 2.29. The van der Waals surface area contributed by atoms with Gasteiger partial charge in [-0.3, -0.25) is 0 Å². The van der Waals surface area contributed by atoms with Gasteiger partial charge in [0.1, 0.15) is 0 Å². The predicted molar refractivity (Wildman–Crippen MR) is 60.1 cm³/mol. The Kier molecular flexibility index (Phi) is 3.04. The predicted octanol–water partition coefficient (Wildman–Crippen LogP) is -0.152. The molecule has 0 aromatic heterocycles. The Hall–Kier alpha value is -1.33. The molecule has 0 atom stereocenters. The summed E-state index contributed by atoms with van der Waals surface area (Å²) in [6, 6.07) is 5.77. The quantitative estimate of drug-likeness (QED) is 0.409. The zero-order valence-corrected chi connectivity index (χ0v) is 8.60. The molecular formula is C10H13BN2O2. The van der Waals surface area contributed by atoms with Crippen LogP contribution in [0.15, 0.2) is 23.3 Å². The van der Waals surface area contributed by atoms with Crippen LogP contribution < -0.4 is 10.9 Å². The molecule has 0 unspecified atom stereocenters. The summed E-state index contributed by atoms with van der Waals surface area (Å²) < 4.78 is 5.10. The van der Waals surface area contributed by atoms with Gasteiger partial charge in [0, 0.05) is 6.54 Å². The minimum Gasteiger partial charge on any atom is -0.423 e. The van der Waals surface area contributed by atoms with Gasteiger partial charge in [-0.1, -0.05) is 12.1 Å². The summed E-state index contributed by atoms with van der Waals surface area (Å²) in [5, 5.41) is 13.4. The fourth-order valence-electron chi connectivity index (χ4n) is 1.54. The van der Waals surface area contributed by atoms with Crippen LogP contribution in [0, 0.1) is 0 Å². The molecule has 4 nitrogen and oxygen atoms in total. The second-order valence-electron chi connectivity index (χ2n) is 3.39. The average molecular weight is 204 g/mol. The molecule has 1 aromatic carbocycles. The van der Waals surface area contributed by atoms with E-state index in [0.29, 0.717) is 6.61 Å². The largest absolute Gasteiger partial charge is 0.491 e. The highest BCUT2D eigenvalue weighted by atomic mass is 16.5. The molecule has 0 amide bonds. The Balaban J connectivity index is 2.16. The van der Waals surface area contributed by atoms with E-state index in [0.717, 1.165) is 23.1 Å². The van der Waals surface area contributed by atoms with Crippen LogP contribution in [-0.4, -0.2) is 24.9 Å². The van der Waals surface area contributed by atoms with Crippen molar-refractivity contribution in [1.82, 2.24) is 5.43 Å². The first-order chi connectivity index (χ1) is 7.31. The highest BCUT2D eigenvalue weighted by Gasteiger charge is 2.26. The summed E-state index contributed by atoms with van der Waals surface area (Å²) in [4.78, 5) is 0. The number of fused-ring (bicyclic) bond motifs is 1. The van der Waals surface area contributed by atoms with Crippen molar-refractivity contribution in [3.63, 3.8) is 0 Å². The highest BCUT2D eigenvalue weighted by molar-refractivity contribution is 6.61. The van der Waals surface area contributed by atoms with Gasteiger partial charge in [0.25, 0.3) is 0 Å². The van der Waals surface area contributed by atoms with E-state index in [1.807, 2.05) is 25.1 Å². The molecule has 1 heterocycles. The first-order valence-electron chi connectivity index (χ1n) is 4.99. The normalized spacial score (nSPS) is 14.7. The van der Waals surface area contributed by atoms with E-state index in [9.17, 15) is 5.02 Å². The Morgan fingerprint density at radius 1 is 1.67 bits per heavy atom. The number of rotatable bonds is 3. The maximum atomic E-state index is 9.42. The van der Waals surface area contributed by atoms with Crippen LogP contribution in [0.1, 0.15) is 18.1 Å². The lowest BCUT2D eigenvalue weighted by Crippen LogP contribution is -2.27. The molecule has 15 heavy (non-hydrogen) atoms. The molecule has 0 saturated carbocycles. The molecule has 78 valence electrons. The van der Waals surface area contributed by atoms with Crippen molar-refractivity contribution in [2.24, 2.45) is 5.10 Å². The van der Waals surface area contributed by atoms with Crippen LogP contribution in [-0.2, 0) is 11.3 Å². The molecular weight excluding hydrogens is 191 g/mol. The lowest BCUT2D eigenvalue weighted by atomic mass is 9.79. The molecule has 0 radical (unpaired) electrons. The van der Waals surface area contributed by atoms with Crippen molar-refractivity contribution in [3.05, 3.63) is 29.3 Å². The van der Waals surface area contributed by atoms with E-state index in [2.05, 4.69) is 10.5 Å². The molecule has 0 aliphatic carbocycles. The maximum Gasteiger partial charge on any atom is 0.491 e.